The van der Waals surface area contributed by atoms with Crippen molar-refractivity contribution < 1.29 is 24.9 Å². The van der Waals surface area contributed by atoms with Crippen LogP contribution in [0.3, 0.4) is 0 Å². The summed E-state index contributed by atoms with van der Waals surface area (Å²) in [6, 6.07) is 5.57. The highest BCUT2D eigenvalue weighted by Crippen LogP contribution is 2.17. The van der Waals surface area contributed by atoms with Crippen LogP contribution in [0.2, 0.25) is 0 Å². The van der Waals surface area contributed by atoms with Crippen LogP contribution < -0.4 is 5.32 Å². The van der Waals surface area contributed by atoms with Crippen LogP contribution in [0.15, 0.2) is 24.3 Å². The molecular formula is C13H17NO5. The number of rotatable bonds is 7. The molecule has 1 aromatic rings. The predicted molar refractivity (Wildman–Crippen MR) is 67.7 cm³/mol. The lowest BCUT2D eigenvalue weighted by Crippen LogP contribution is -2.41. The van der Waals surface area contributed by atoms with E-state index in [-0.39, 0.29) is 25.2 Å². The lowest BCUT2D eigenvalue weighted by atomic mass is 10.1. The van der Waals surface area contributed by atoms with E-state index in [4.69, 9.17) is 10.2 Å². The normalized spacial score (nSPS) is 11.8. The van der Waals surface area contributed by atoms with E-state index >= 15 is 0 Å². The highest BCUT2D eigenvalue weighted by molar-refractivity contribution is 5.83. The van der Waals surface area contributed by atoms with Crippen molar-refractivity contribution in [2.45, 2.75) is 25.3 Å². The number of nitrogens with one attached hydrogen (secondary N) is 1. The molecule has 0 aliphatic rings. The van der Waals surface area contributed by atoms with Crippen LogP contribution in [0.4, 0.5) is 0 Å². The summed E-state index contributed by atoms with van der Waals surface area (Å²) in [6.07, 6.45) is 0.369. The number of aliphatic hydroxyl groups is 1. The summed E-state index contributed by atoms with van der Waals surface area (Å²) in [5, 5.41) is 29.4. The van der Waals surface area contributed by atoms with E-state index in [9.17, 15) is 14.7 Å². The van der Waals surface area contributed by atoms with Gasteiger partial charge in [-0.3, -0.25) is 4.79 Å². The van der Waals surface area contributed by atoms with Gasteiger partial charge in [0.1, 0.15) is 11.8 Å². The van der Waals surface area contributed by atoms with Crippen molar-refractivity contribution in [1.29, 1.82) is 0 Å². The third kappa shape index (κ3) is 4.97. The summed E-state index contributed by atoms with van der Waals surface area (Å²) < 4.78 is 0. The first-order valence-electron chi connectivity index (χ1n) is 5.94. The van der Waals surface area contributed by atoms with E-state index in [0.717, 1.165) is 0 Å². The number of carbonyl (C=O) groups excluding carboxylic acids is 1. The second kappa shape index (κ2) is 7.38. The molecule has 6 heteroatoms. The molecule has 4 N–H and O–H groups in total. The minimum Gasteiger partial charge on any atom is -0.508 e. The number of carboxylic acid groups (broad SMARTS) is 1. The summed E-state index contributed by atoms with van der Waals surface area (Å²) in [5.74, 6) is -1.49. The number of aliphatic carboxylic acids is 1. The summed E-state index contributed by atoms with van der Waals surface area (Å²) in [5.41, 5.74) is 0.631. The fourth-order valence-corrected chi connectivity index (χ4v) is 1.62. The Morgan fingerprint density at radius 3 is 2.53 bits per heavy atom. The number of para-hydroxylation sites is 1. The Morgan fingerprint density at radius 2 is 1.95 bits per heavy atom. The Balaban J connectivity index is 2.47. The fourth-order valence-electron chi connectivity index (χ4n) is 1.62. The second-order valence-corrected chi connectivity index (χ2v) is 4.10. The number of phenols is 1. The van der Waals surface area contributed by atoms with Gasteiger partial charge in [0.05, 0.1) is 0 Å². The first-order valence-corrected chi connectivity index (χ1v) is 5.94. The minimum atomic E-state index is -1.18. The Hall–Kier alpha value is -2.08. The van der Waals surface area contributed by atoms with Gasteiger partial charge in [0.15, 0.2) is 0 Å². The van der Waals surface area contributed by atoms with Crippen LogP contribution in [0.25, 0.3) is 0 Å². The molecule has 0 aromatic heterocycles. The predicted octanol–water partition coefficient (Wildman–Crippen LogP) is 0.277. The number of carbonyl (C=O) groups is 2. The monoisotopic (exact) mass is 267 g/mol. The Morgan fingerprint density at radius 1 is 1.26 bits per heavy atom. The van der Waals surface area contributed by atoms with E-state index in [2.05, 4.69) is 5.32 Å². The van der Waals surface area contributed by atoms with Crippen molar-refractivity contribution in [3.8, 4) is 5.75 Å². The van der Waals surface area contributed by atoms with Gasteiger partial charge in [0.25, 0.3) is 0 Å². The average molecular weight is 267 g/mol. The molecule has 0 spiro atoms. The lowest BCUT2D eigenvalue weighted by Gasteiger charge is -2.13. The molecule has 0 saturated heterocycles. The molecule has 1 amide bonds. The fraction of sp³-hybridized carbons (Fsp3) is 0.385. The molecule has 1 unspecified atom stereocenters. The topological polar surface area (TPSA) is 107 Å². The zero-order chi connectivity index (χ0) is 14.3. The SMILES string of the molecule is O=C(CCc1ccccc1O)NC(CCO)C(=O)O. The Kier molecular flexibility index (Phi) is 5.81. The minimum absolute atomic E-state index is 0.0301. The van der Waals surface area contributed by atoms with Gasteiger partial charge in [-0.1, -0.05) is 18.2 Å². The van der Waals surface area contributed by atoms with Crippen LogP contribution in [0.5, 0.6) is 5.75 Å². The van der Waals surface area contributed by atoms with Gasteiger partial charge in [0.2, 0.25) is 5.91 Å². The van der Waals surface area contributed by atoms with Gasteiger partial charge in [0, 0.05) is 19.4 Å². The largest absolute Gasteiger partial charge is 0.508 e. The molecule has 0 aliphatic heterocycles. The van der Waals surface area contributed by atoms with Crippen molar-refractivity contribution in [2.75, 3.05) is 6.61 Å². The Labute approximate surface area is 110 Å². The molecular weight excluding hydrogens is 250 g/mol. The maximum Gasteiger partial charge on any atom is 0.326 e. The highest BCUT2D eigenvalue weighted by Gasteiger charge is 2.19. The molecule has 0 bridgehead atoms. The first kappa shape index (κ1) is 15.0. The van der Waals surface area contributed by atoms with Gasteiger partial charge < -0.3 is 20.6 Å². The third-order valence-electron chi connectivity index (χ3n) is 2.66. The molecule has 0 saturated carbocycles. The number of aryl methyl sites for hydroxylation is 1. The molecule has 1 atom stereocenters. The molecule has 104 valence electrons. The summed E-state index contributed by atoms with van der Waals surface area (Å²) in [7, 11) is 0. The number of carboxylic acids is 1. The van der Waals surface area contributed by atoms with Crippen molar-refractivity contribution in [3.05, 3.63) is 29.8 Å². The highest BCUT2D eigenvalue weighted by atomic mass is 16.4. The standard InChI is InChI=1S/C13H17NO5/c15-8-7-10(13(18)19)14-12(17)6-5-9-3-1-2-4-11(9)16/h1-4,10,15-16H,5-8H2,(H,14,17)(H,18,19). The van der Waals surface area contributed by atoms with E-state index in [1.165, 1.54) is 6.07 Å². The molecule has 6 nitrogen and oxygen atoms in total. The maximum atomic E-state index is 11.6. The number of benzene rings is 1. The van der Waals surface area contributed by atoms with Crippen LogP contribution in [0, 0.1) is 0 Å². The van der Waals surface area contributed by atoms with E-state index in [0.29, 0.717) is 12.0 Å². The number of phenolic OH excluding ortho intramolecular Hbond substituents is 1. The van der Waals surface area contributed by atoms with Crippen molar-refractivity contribution in [2.24, 2.45) is 0 Å². The smallest absolute Gasteiger partial charge is 0.326 e. The molecule has 0 aliphatic carbocycles. The van der Waals surface area contributed by atoms with E-state index in [1.54, 1.807) is 18.2 Å². The molecule has 19 heavy (non-hydrogen) atoms. The first-order chi connectivity index (χ1) is 9.04. The van der Waals surface area contributed by atoms with Crippen LogP contribution in [0.1, 0.15) is 18.4 Å². The van der Waals surface area contributed by atoms with Crippen molar-refractivity contribution >= 4 is 11.9 Å². The second-order valence-electron chi connectivity index (χ2n) is 4.10. The zero-order valence-electron chi connectivity index (χ0n) is 10.4. The van der Waals surface area contributed by atoms with Gasteiger partial charge >= 0.3 is 5.97 Å². The van der Waals surface area contributed by atoms with E-state index in [1.807, 2.05) is 0 Å². The average Bonchev–Trinajstić information content (AvgIpc) is 2.37. The van der Waals surface area contributed by atoms with Crippen LogP contribution in [-0.4, -0.2) is 39.8 Å². The van der Waals surface area contributed by atoms with Gasteiger partial charge in [-0.05, 0) is 18.1 Å². The molecule has 1 rings (SSSR count). The molecule has 0 heterocycles. The van der Waals surface area contributed by atoms with Gasteiger partial charge in [-0.2, -0.15) is 0 Å². The van der Waals surface area contributed by atoms with Crippen LogP contribution in [-0.2, 0) is 16.0 Å². The number of aromatic hydroxyl groups is 1. The van der Waals surface area contributed by atoms with Crippen molar-refractivity contribution in [3.63, 3.8) is 0 Å². The number of hydrogen-bond acceptors (Lipinski definition) is 4. The number of hydrogen-bond donors (Lipinski definition) is 4. The van der Waals surface area contributed by atoms with Gasteiger partial charge in [-0.25, -0.2) is 4.79 Å². The number of amides is 1. The summed E-state index contributed by atoms with van der Waals surface area (Å²) in [4.78, 5) is 22.4. The van der Waals surface area contributed by atoms with Gasteiger partial charge in [-0.15, -0.1) is 0 Å². The summed E-state index contributed by atoms with van der Waals surface area (Å²) >= 11 is 0. The zero-order valence-corrected chi connectivity index (χ0v) is 10.4. The third-order valence-corrected chi connectivity index (χ3v) is 2.66. The summed E-state index contributed by atoms with van der Waals surface area (Å²) in [6.45, 7) is -0.309. The van der Waals surface area contributed by atoms with E-state index < -0.39 is 17.9 Å². The quantitative estimate of drug-likeness (QED) is 0.567. The molecule has 0 fully saturated rings. The number of aliphatic hydroxyl groups excluding tert-OH is 1. The van der Waals surface area contributed by atoms with Crippen LogP contribution >= 0.6 is 0 Å². The molecule has 1 aromatic carbocycles. The van der Waals surface area contributed by atoms with Crippen molar-refractivity contribution in [1.82, 2.24) is 5.32 Å². The maximum absolute atomic E-state index is 11.6. The Bertz CT molecular complexity index is 446. The molecule has 0 radical (unpaired) electrons. The lowest BCUT2D eigenvalue weighted by molar-refractivity contribution is -0.142.